The van der Waals surface area contributed by atoms with Gasteiger partial charge in [0.2, 0.25) is 0 Å². The van der Waals surface area contributed by atoms with Crippen molar-refractivity contribution in [1.82, 2.24) is 0 Å². The van der Waals surface area contributed by atoms with Gasteiger partial charge in [-0.05, 0) is 34.7 Å². The summed E-state index contributed by atoms with van der Waals surface area (Å²) in [7, 11) is 0. The molecule has 0 fully saturated rings. The van der Waals surface area contributed by atoms with E-state index in [2.05, 4.69) is 4.74 Å². The monoisotopic (exact) mass is 317 g/mol. The zero-order valence-electron chi connectivity index (χ0n) is 6.94. The van der Waals surface area contributed by atoms with Gasteiger partial charge < -0.3 is 10.5 Å². The lowest BCUT2D eigenvalue weighted by molar-refractivity contribution is -0.153. The molecule has 2 N–H and O–H groups in total. The lowest BCUT2D eigenvalue weighted by Gasteiger charge is -2.09. The zero-order chi connectivity index (χ0) is 10.8. The Hall–Kier alpha value is -0.660. The molecule has 0 aliphatic rings. The van der Waals surface area contributed by atoms with Gasteiger partial charge >= 0.3 is 6.18 Å². The molecule has 0 aliphatic carbocycles. The second kappa shape index (κ2) is 4.24. The van der Waals surface area contributed by atoms with E-state index in [0.29, 0.717) is 5.69 Å². The molecule has 1 rings (SSSR count). The fourth-order valence-electron chi connectivity index (χ4n) is 0.833. The van der Waals surface area contributed by atoms with E-state index in [1.807, 2.05) is 22.6 Å². The van der Waals surface area contributed by atoms with Crippen molar-refractivity contribution in [3.05, 3.63) is 21.8 Å². The highest BCUT2D eigenvalue weighted by molar-refractivity contribution is 14.1. The van der Waals surface area contributed by atoms with E-state index in [9.17, 15) is 13.2 Å². The summed E-state index contributed by atoms with van der Waals surface area (Å²) in [5.74, 6) is 0.131. The van der Waals surface area contributed by atoms with Crippen LogP contribution < -0.4 is 10.5 Å². The normalized spacial score (nSPS) is 11.4. The van der Waals surface area contributed by atoms with E-state index in [1.54, 1.807) is 6.07 Å². The van der Waals surface area contributed by atoms with Crippen LogP contribution in [-0.4, -0.2) is 12.8 Å². The molecule has 0 bridgehead atoms. The summed E-state index contributed by atoms with van der Waals surface area (Å²) in [6, 6.07) is 4.48. The van der Waals surface area contributed by atoms with E-state index >= 15 is 0 Å². The SMILES string of the molecule is Nc1cc(I)cc(OCC(F)(F)F)c1. The summed E-state index contributed by atoms with van der Waals surface area (Å²) in [4.78, 5) is 0. The van der Waals surface area contributed by atoms with Gasteiger partial charge in [-0.3, -0.25) is 0 Å². The molecule has 0 saturated carbocycles. The standard InChI is InChI=1S/C8H7F3INO/c9-8(10,11)4-14-7-2-5(12)1-6(13)3-7/h1-3H,4,13H2. The van der Waals surface area contributed by atoms with Crippen molar-refractivity contribution in [3.8, 4) is 5.75 Å². The van der Waals surface area contributed by atoms with Crippen molar-refractivity contribution < 1.29 is 17.9 Å². The molecule has 0 aromatic heterocycles. The smallest absolute Gasteiger partial charge is 0.422 e. The second-order valence-electron chi connectivity index (χ2n) is 2.62. The number of anilines is 1. The van der Waals surface area contributed by atoms with Crippen molar-refractivity contribution in [2.75, 3.05) is 12.3 Å². The first-order valence-corrected chi connectivity index (χ1v) is 4.70. The second-order valence-corrected chi connectivity index (χ2v) is 3.87. The third kappa shape index (κ3) is 4.03. The molecule has 6 heteroatoms. The van der Waals surface area contributed by atoms with E-state index in [-0.39, 0.29) is 5.75 Å². The third-order valence-electron chi connectivity index (χ3n) is 1.30. The van der Waals surface area contributed by atoms with Crippen molar-refractivity contribution in [2.45, 2.75) is 6.18 Å². The molecule has 0 aliphatic heterocycles. The Morgan fingerprint density at radius 3 is 2.43 bits per heavy atom. The van der Waals surface area contributed by atoms with E-state index in [0.717, 1.165) is 3.57 Å². The Bertz CT molecular complexity index is 307. The first-order chi connectivity index (χ1) is 6.37. The summed E-state index contributed by atoms with van der Waals surface area (Å²) in [5.41, 5.74) is 5.82. The molecule has 0 amide bonds. The van der Waals surface area contributed by atoms with Crippen LogP contribution in [0.5, 0.6) is 5.75 Å². The maximum absolute atomic E-state index is 11.8. The Kier molecular flexibility index (Phi) is 3.46. The van der Waals surface area contributed by atoms with E-state index in [4.69, 9.17) is 5.73 Å². The van der Waals surface area contributed by atoms with Crippen LogP contribution in [0.15, 0.2) is 18.2 Å². The fourth-order valence-corrected chi connectivity index (χ4v) is 1.50. The number of hydrogen-bond donors (Lipinski definition) is 1. The molecule has 0 heterocycles. The lowest BCUT2D eigenvalue weighted by atomic mass is 10.3. The summed E-state index contributed by atoms with van der Waals surface area (Å²) in [6.45, 7) is -1.30. The van der Waals surface area contributed by atoms with Crippen LogP contribution in [0.4, 0.5) is 18.9 Å². The average Bonchev–Trinajstić information content (AvgIpc) is 1.97. The number of halogens is 4. The molecule has 0 atom stereocenters. The molecular weight excluding hydrogens is 310 g/mol. The maximum atomic E-state index is 11.8. The number of benzene rings is 1. The van der Waals surface area contributed by atoms with Crippen LogP contribution in [0, 0.1) is 3.57 Å². The van der Waals surface area contributed by atoms with Crippen LogP contribution >= 0.6 is 22.6 Å². The summed E-state index contributed by atoms with van der Waals surface area (Å²) < 4.78 is 40.6. The average molecular weight is 317 g/mol. The minimum absolute atomic E-state index is 0.131. The molecule has 78 valence electrons. The molecule has 0 saturated heterocycles. The Morgan fingerprint density at radius 2 is 1.93 bits per heavy atom. The molecule has 2 nitrogen and oxygen atoms in total. The van der Waals surface area contributed by atoms with Gasteiger partial charge in [-0.15, -0.1) is 0 Å². The number of nitrogen functional groups attached to an aromatic ring is 1. The number of nitrogens with two attached hydrogens (primary N) is 1. The van der Waals surface area contributed by atoms with Gasteiger partial charge in [0.05, 0.1) is 0 Å². The van der Waals surface area contributed by atoms with Gasteiger partial charge in [-0.25, -0.2) is 0 Å². The number of rotatable bonds is 2. The Morgan fingerprint density at radius 1 is 1.29 bits per heavy atom. The van der Waals surface area contributed by atoms with Crippen LogP contribution in [-0.2, 0) is 0 Å². The van der Waals surface area contributed by atoms with Crippen LogP contribution in [0.3, 0.4) is 0 Å². The third-order valence-corrected chi connectivity index (χ3v) is 1.92. The summed E-state index contributed by atoms with van der Waals surface area (Å²) >= 11 is 1.95. The first-order valence-electron chi connectivity index (χ1n) is 3.62. The minimum Gasteiger partial charge on any atom is -0.484 e. The topological polar surface area (TPSA) is 35.2 Å². The van der Waals surface area contributed by atoms with Crippen LogP contribution in [0.1, 0.15) is 0 Å². The van der Waals surface area contributed by atoms with Gasteiger partial charge in [0, 0.05) is 15.3 Å². The van der Waals surface area contributed by atoms with Crippen LogP contribution in [0.2, 0.25) is 0 Å². The molecule has 14 heavy (non-hydrogen) atoms. The van der Waals surface area contributed by atoms with Gasteiger partial charge in [0.1, 0.15) is 5.75 Å². The van der Waals surface area contributed by atoms with Crippen LogP contribution in [0.25, 0.3) is 0 Å². The number of alkyl halides is 3. The first kappa shape index (κ1) is 11.4. The van der Waals surface area contributed by atoms with Crippen molar-refractivity contribution in [2.24, 2.45) is 0 Å². The summed E-state index contributed by atoms with van der Waals surface area (Å²) in [6.07, 6.45) is -4.32. The molecule has 1 aromatic rings. The predicted octanol–water partition coefficient (Wildman–Crippen LogP) is 2.81. The Balaban J connectivity index is 2.68. The van der Waals surface area contributed by atoms with Gasteiger partial charge in [0.25, 0.3) is 0 Å². The fraction of sp³-hybridized carbons (Fsp3) is 0.250. The number of hydrogen-bond acceptors (Lipinski definition) is 2. The van der Waals surface area contributed by atoms with Gasteiger partial charge in [0.15, 0.2) is 6.61 Å². The summed E-state index contributed by atoms with van der Waals surface area (Å²) in [5, 5.41) is 0. The van der Waals surface area contributed by atoms with Crippen molar-refractivity contribution >= 4 is 28.3 Å². The largest absolute Gasteiger partial charge is 0.484 e. The van der Waals surface area contributed by atoms with E-state index < -0.39 is 12.8 Å². The molecule has 0 spiro atoms. The molecule has 0 unspecified atom stereocenters. The van der Waals surface area contributed by atoms with Crippen molar-refractivity contribution in [1.29, 1.82) is 0 Å². The highest BCUT2D eigenvalue weighted by Crippen LogP contribution is 2.22. The van der Waals surface area contributed by atoms with Gasteiger partial charge in [-0.1, -0.05) is 0 Å². The van der Waals surface area contributed by atoms with Crippen molar-refractivity contribution in [3.63, 3.8) is 0 Å². The Labute approximate surface area is 92.4 Å². The molecule has 1 aromatic carbocycles. The zero-order valence-corrected chi connectivity index (χ0v) is 9.09. The highest BCUT2D eigenvalue weighted by atomic mass is 127. The molecule has 0 radical (unpaired) electrons. The maximum Gasteiger partial charge on any atom is 0.422 e. The quantitative estimate of drug-likeness (QED) is 0.672. The lowest BCUT2D eigenvalue weighted by Crippen LogP contribution is -2.19. The van der Waals surface area contributed by atoms with Gasteiger partial charge in [-0.2, -0.15) is 13.2 Å². The highest BCUT2D eigenvalue weighted by Gasteiger charge is 2.28. The molecular formula is C8H7F3INO. The van der Waals surface area contributed by atoms with E-state index in [1.165, 1.54) is 12.1 Å². The number of ether oxygens (including phenoxy) is 1. The minimum atomic E-state index is -4.32. The predicted molar refractivity (Wildman–Crippen MR) is 55.1 cm³/mol.